The maximum absolute atomic E-state index is 3.53. The molecule has 0 saturated carbocycles. The van der Waals surface area contributed by atoms with Crippen LogP contribution in [0.2, 0.25) is 0 Å². The van der Waals surface area contributed by atoms with Crippen LogP contribution < -0.4 is 5.32 Å². The molecule has 3 aromatic carbocycles. The van der Waals surface area contributed by atoms with Crippen LogP contribution in [0, 0.1) is 0 Å². The normalized spacial score (nSPS) is 17.1. The van der Waals surface area contributed by atoms with Crippen molar-refractivity contribution in [3.8, 4) is 11.1 Å². The minimum absolute atomic E-state index is 0.473. The van der Waals surface area contributed by atoms with Gasteiger partial charge in [0, 0.05) is 17.3 Å². The van der Waals surface area contributed by atoms with Crippen LogP contribution in [-0.2, 0) is 0 Å². The molecular formula is C24H19N. The van der Waals surface area contributed by atoms with Crippen LogP contribution in [0.15, 0.2) is 91.0 Å². The molecule has 5 rings (SSSR count). The molecular weight excluding hydrogens is 302 g/mol. The highest BCUT2D eigenvalue weighted by atomic mass is 14.9. The molecule has 2 aliphatic rings. The summed E-state index contributed by atoms with van der Waals surface area (Å²) in [6, 6.07) is 25.9. The van der Waals surface area contributed by atoms with Gasteiger partial charge in [-0.15, -0.1) is 0 Å². The minimum atomic E-state index is 0.473. The molecule has 0 saturated heterocycles. The highest BCUT2D eigenvalue weighted by Crippen LogP contribution is 2.49. The quantitative estimate of drug-likeness (QED) is 0.565. The fourth-order valence-electron chi connectivity index (χ4n) is 4.03. The molecule has 1 atom stereocenters. The van der Waals surface area contributed by atoms with E-state index in [2.05, 4.69) is 90.3 Å². The van der Waals surface area contributed by atoms with Crippen molar-refractivity contribution in [3.05, 3.63) is 102 Å². The number of benzene rings is 3. The molecule has 0 bridgehead atoms. The zero-order valence-corrected chi connectivity index (χ0v) is 13.9. The van der Waals surface area contributed by atoms with Crippen molar-refractivity contribution in [2.24, 2.45) is 0 Å². The molecule has 0 amide bonds. The highest BCUT2D eigenvalue weighted by molar-refractivity contribution is 5.93. The SMILES string of the molecule is C1=CCC2C(=C1)c1cc(Nc3ccccc3)ccc1-c1ccccc12. The van der Waals surface area contributed by atoms with Gasteiger partial charge in [-0.2, -0.15) is 0 Å². The van der Waals surface area contributed by atoms with Gasteiger partial charge in [0.2, 0.25) is 0 Å². The molecule has 1 nitrogen and oxygen atoms in total. The number of rotatable bonds is 2. The Balaban J connectivity index is 1.65. The maximum Gasteiger partial charge on any atom is 0.0390 e. The topological polar surface area (TPSA) is 12.0 Å². The summed E-state index contributed by atoms with van der Waals surface area (Å²) in [5.41, 5.74) is 9.22. The molecule has 0 spiro atoms. The Morgan fingerprint density at radius 1 is 0.720 bits per heavy atom. The number of fused-ring (bicyclic) bond motifs is 6. The van der Waals surface area contributed by atoms with Gasteiger partial charge in [-0.1, -0.05) is 66.8 Å². The van der Waals surface area contributed by atoms with Crippen LogP contribution in [0.3, 0.4) is 0 Å². The molecule has 120 valence electrons. The van der Waals surface area contributed by atoms with E-state index < -0.39 is 0 Å². The smallest absolute Gasteiger partial charge is 0.0390 e. The fraction of sp³-hybridized carbons (Fsp3) is 0.0833. The Hall–Kier alpha value is -3.06. The van der Waals surface area contributed by atoms with Crippen molar-refractivity contribution >= 4 is 16.9 Å². The Morgan fingerprint density at radius 3 is 2.48 bits per heavy atom. The second-order valence-electron chi connectivity index (χ2n) is 6.68. The zero-order chi connectivity index (χ0) is 16.6. The molecule has 2 aliphatic carbocycles. The maximum atomic E-state index is 3.53. The van der Waals surface area contributed by atoms with Gasteiger partial charge in [0.25, 0.3) is 0 Å². The Kier molecular flexibility index (Phi) is 3.31. The molecule has 0 aromatic heterocycles. The monoisotopic (exact) mass is 321 g/mol. The summed E-state index contributed by atoms with van der Waals surface area (Å²) in [6.07, 6.45) is 7.84. The van der Waals surface area contributed by atoms with Crippen molar-refractivity contribution in [2.45, 2.75) is 12.3 Å². The number of para-hydroxylation sites is 1. The molecule has 1 heteroatoms. The molecule has 3 aromatic rings. The van der Waals surface area contributed by atoms with E-state index >= 15 is 0 Å². The first kappa shape index (κ1) is 14.3. The van der Waals surface area contributed by atoms with E-state index in [1.54, 1.807) is 0 Å². The third-order valence-electron chi connectivity index (χ3n) is 5.18. The largest absolute Gasteiger partial charge is 0.356 e. The summed E-state index contributed by atoms with van der Waals surface area (Å²) < 4.78 is 0. The molecule has 0 fully saturated rings. The second-order valence-corrected chi connectivity index (χ2v) is 6.68. The third-order valence-corrected chi connectivity index (χ3v) is 5.18. The van der Waals surface area contributed by atoms with E-state index in [0.29, 0.717) is 5.92 Å². The van der Waals surface area contributed by atoms with Crippen LogP contribution in [-0.4, -0.2) is 0 Å². The lowest BCUT2D eigenvalue weighted by Gasteiger charge is -2.32. The lowest BCUT2D eigenvalue weighted by Crippen LogP contribution is -2.11. The molecule has 1 N–H and O–H groups in total. The lowest BCUT2D eigenvalue weighted by molar-refractivity contribution is 0.868. The van der Waals surface area contributed by atoms with Gasteiger partial charge < -0.3 is 5.32 Å². The average molecular weight is 321 g/mol. The summed E-state index contributed by atoms with van der Waals surface area (Å²) >= 11 is 0. The van der Waals surface area contributed by atoms with E-state index in [9.17, 15) is 0 Å². The molecule has 0 aliphatic heterocycles. The van der Waals surface area contributed by atoms with E-state index in [-0.39, 0.29) is 0 Å². The Labute approximate surface area is 148 Å². The van der Waals surface area contributed by atoms with Crippen molar-refractivity contribution < 1.29 is 0 Å². The molecule has 1 unspecified atom stereocenters. The summed E-state index contributed by atoms with van der Waals surface area (Å²) in [5, 5.41) is 3.53. The Bertz CT molecular complexity index is 996. The predicted octanol–water partition coefficient (Wildman–Crippen LogP) is 6.54. The van der Waals surface area contributed by atoms with Crippen LogP contribution >= 0.6 is 0 Å². The number of hydrogen-bond donors (Lipinski definition) is 1. The molecule has 0 radical (unpaired) electrons. The third kappa shape index (κ3) is 2.40. The number of nitrogens with one attached hydrogen (secondary N) is 1. The van der Waals surface area contributed by atoms with Crippen molar-refractivity contribution in [1.29, 1.82) is 0 Å². The summed E-state index contributed by atoms with van der Waals surface area (Å²) in [7, 11) is 0. The highest BCUT2D eigenvalue weighted by Gasteiger charge is 2.28. The molecule has 0 heterocycles. The minimum Gasteiger partial charge on any atom is -0.356 e. The van der Waals surface area contributed by atoms with Crippen LogP contribution in [0.1, 0.15) is 23.5 Å². The van der Waals surface area contributed by atoms with Gasteiger partial charge in [0.15, 0.2) is 0 Å². The lowest BCUT2D eigenvalue weighted by atomic mass is 9.72. The van der Waals surface area contributed by atoms with Crippen LogP contribution in [0.5, 0.6) is 0 Å². The average Bonchev–Trinajstić information content (AvgIpc) is 2.69. The van der Waals surface area contributed by atoms with E-state index in [4.69, 9.17) is 0 Å². The summed E-state index contributed by atoms with van der Waals surface area (Å²) in [5.74, 6) is 0.473. The van der Waals surface area contributed by atoms with Gasteiger partial charge in [-0.05, 0) is 58.5 Å². The van der Waals surface area contributed by atoms with E-state index in [1.165, 1.54) is 27.8 Å². The van der Waals surface area contributed by atoms with Crippen LogP contribution in [0.4, 0.5) is 11.4 Å². The second kappa shape index (κ2) is 5.78. The van der Waals surface area contributed by atoms with Gasteiger partial charge in [-0.25, -0.2) is 0 Å². The van der Waals surface area contributed by atoms with Gasteiger partial charge in [0.1, 0.15) is 0 Å². The van der Waals surface area contributed by atoms with Crippen molar-refractivity contribution in [3.63, 3.8) is 0 Å². The van der Waals surface area contributed by atoms with Crippen molar-refractivity contribution in [2.75, 3.05) is 5.32 Å². The van der Waals surface area contributed by atoms with E-state index in [1.807, 2.05) is 6.07 Å². The fourth-order valence-corrected chi connectivity index (χ4v) is 4.03. The first-order valence-electron chi connectivity index (χ1n) is 8.83. The summed E-state index contributed by atoms with van der Waals surface area (Å²) in [6.45, 7) is 0. The van der Waals surface area contributed by atoms with Gasteiger partial charge in [0.05, 0.1) is 0 Å². The number of anilines is 2. The Morgan fingerprint density at radius 2 is 1.56 bits per heavy atom. The number of allylic oxidation sites excluding steroid dienone is 4. The zero-order valence-electron chi connectivity index (χ0n) is 13.9. The van der Waals surface area contributed by atoms with E-state index in [0.717, 1.165) is 17.8 Å². The first-order chi connectivity index (χ1) is 12.4. The standard InChI is InChI=1S/C24H19N/c1-2-8-17(9-3-1)25-18-14-15-23-21-12-5-4-10-19(21)20-11-6-7-13-22(20)24(23)16-18/h1-10,12-16,20,25H,11H2. The van der Waals surface area contributed by atoms with Crippen LogP contribution in [0.25, 0.3) is 16.7 Å². The first-order valence-corrected chi connectivity index (χ1v) is 8.83. The van der Waals surface area contributed by atoms with Crippen molar-refractivity contribution in [1.82, 2.24) is 0 Å². The number of hydrogen-bond acceptors (Lipinski definition) is 1. The van der Waals surface area contributed by atoms with Gasteiger partial charge >= 0.3 is 0 Å². The predicted molar refractivity (Wildman–Crippen MR) is 106 cm³/mol. The molecule has 25 heavy (non-hydrogen) atoms. The van der Waals surface area contributed by atoms with Gasteiger partial charge in [-0.3, -0.25) is 0 Å². The summed E-state index contributed by atoms with van der Waals surface area (Å²) in [4.78, 5) is 0.